The van der Waals surface area contributed by atoms with Gasteiger partial charge < -0.3 is 0 Å². The Morgan fingerprint density at radius 1 is 1.00 bits per heavy atom. The summed E-state index contributed by atoms with van der Waals surface area (Å²) in [6.07, 6.45) is -4.11. The minimum atomic E-state index is -4.64. The molecule has 0 fully saturated rings. The van der Waals surface area contributed by atoms with Crippen LogP contribution in [0.2, 0.25) is 0 Å². The predicted molar refractivity (Wildman–Crippen MR) is 74.1 cm³/mol. The zero-order valence-corrected chi connectivity index (χ0v) is 11.8. The zero-order valence-electron chi connectivity index (χ0n) is 11.0. The van der Waals surface area contributed by atoms with Crippen LogP contribution in [0.5, 0.6) is 0 Å². The van der Waals surface area contributed by atoms with E-state index < -0.39 is 26.7 Å². The first-order valence-electron chi connectivity index (χ1n) is 5.98. The lowest BCUT2D eigenvalue weighted by Crippen LogP contribution is -2.14. The highest BCUT2D eigenvalue weighted by Crippen LogP contribution is 2.30. The Balaban J connectivity index is 2.36. The minimum absolute atomic E-state index is 0.0852. The van der Waals surface area contributed by atoms with Gasteiger partial charge in [0.2, 0.25) is 0 Å². The van der Waals surface area contributed by atoms with E-state index in [0.717, 1.165) is 18.2 Å². The average molecular weight is 329 g/mol. The number of sulfonamides is 1. The molecule has 116 valence electrons. The van der Waals surface area contributed by atoms with Gasteiger partial charge in [0.1, 0.15) is 6.29 Å². The highest BCUT2D eigenvalue weighted by atomic mass is 32.2. The number of halogens is 3. The van der Waals surface area contributed by atoms with Gasteiger partial charge in [-0.1, -0.05) is 18.2 Å². The van der Waals surface area contributed by atoms with Crippen LogP contribution in [0.1, 0.15) is 15.9 Å². The number of benzene rings is 2. The van der Waals surface area contributed by atoms with Gasteiger partial charge in [-0.05, 0) is 30.3 Å². The van der Waals surface area contributed by atoms with E-state index in [1.807, 2.05) is 0 Å². The molecule has 22 heavy (non-hydrogen) atoms. The highest BCUT2D eigenvalue weighted by Gasteiger charge is 2.31. The number of rotatable bonds is 4. The van der Waals surface area contributed by atoms with Crippen LogP contribution in [0.4, 0.5) is 18.9 Å². The molecule has 1 N–H and O–H groups in total. The summed E-state index contributed by atoms with van der Waals surface area (Å²) in [6.45, 7) is 0. The molecule has 2 aromatic rings. The van der Waals surface area contributed by atoms with Gasteiger partial charge in [-0.2, -0.15) is 13.2 Å². The second kappa shape index (κ2) is 5.80. The Morgan fingerprint density at radius 2 is 1.68 bits per heavy atom. The molecule has 0 bridgehead atoms. The van der Waals surface area contributed by atoms with E-state index in [9.17, 15) is 26.4 Å². The largest absolute Gasteiger partial charge is 0.416 e. The quantitative estimate of drug-likeness (QED) is 0.875. The Bertz CT molecular complexity index is 801. The van der Waals surface area contributed by atoms with Crippen molar-refractivity contribution >= 4 is 22.0 Å². The van der Waals surface area contributed by atoms with Crippen molar-refractivity contribution in [3.8, 4) is 0 Å². The van der Waals surface area contributed by atoms with Crippen LogP contribution >= 0.6 is 0 Å². The number of anilines is 1. The smallest absolute Gasteiger partial charge is 0.298 e. The van der Waals surface area contributed by atoms with Crippen LogP contribution in [-0.2, 0) is 16.2 Å². The topological polar surface area (TPSA) is 63.2 Å². The fraction of sp³-hybridized carbons (Fsp3) is 0.0714. The van der Waals surface area contributed by atoms with E-state index in [-0.39, 0.29) is 11.3 Å². The summed E-state index contributed by atoms with van der Waals surface area (Å²) in [6, 6.07) is 8.98. The molecule has 0 unspecified atom stereocenters. The first kappa shape index (κ1) is 16.0. The maximum atomic E-state index is 12.6. The Hall–Kier alpha value is -2.35. The molecule has 2 aromatic carbocycles. The fourth-order valence-electron chi connectivity index (χ4n) is 1.73. The lowest BCUT2D eigenvalue weighted by atomic mass is 10.2. The Morgan fingerprint density at radius 3 is 2.32 bits per heavy atom. The van der Waals surface area contributed by atoms with E-state index >= 15 is 0 Å². The molecule has 0 aliphatic carbocycles. The van der Waals surface area contributed by atoms with Crippen LogP contribution in [0.3, 0.4) is 0 Å². The molecule has 0 radical (unpaired) electrons. The van der Waals surface area contributed by atoms with Gasteiger partial charge in [-0.25, -0.2) is 8.42 Å². The lowest BCUT2D eigenvalue weighted by molar-refractivity contribution is -0.137. The summed E-state index contributed by atoms with van der Waals surface area (Å²) in [5, 5.41) is 0. The zero-order chi connectivity index (χ0) is 16.4. The number of alkyl halides is 3. The highest BCUT2D eigenvalue weighted by molar-refractivity contribution is 7.92. The van der Waals surface area contributed by atoms with E-state index in [1.165, 1.54) is 24.3 Å². The molecule has 0 aromatic heterocycles. The molecule has 0 amide bonds. The van der Waals surface area contributed by atoms with Crippen molar-refractivity contribution in [2.24, 2.45) is 0 Å². The molecule has 8 heteroatoms. The maximum Gasteiger partial charge on any atom is 0.416 e. The van der Waals surface area contributed by atoms with Crippen molar-refractivity contribution in [1.29, 1.82) is 0 Å². The second-order valence-corrected chi connectivity index (χ2v) is 6.06. The third-order valence-corrected chi connectivity index (χ3v) is 4.13. The predicted octanol–water partition coefficient (Wildman–Crippen LogP) is 3.32. The molecule has 0 saturated carbocycles. The third kappa shape index (κ3) is 3.64. The normalized spacial score (nSPS) is 12.0. The van der Waals surface area contributed by atoms with Crippen molar-refractivity contribution in [3.05, 3.63) is 59.7 Å². The van der Waals surface area contributed by atoms with Crippen molar-refractivity contribution in [1.82, 2.24) is 0 Å². The number of hydrogen-bond donors (Lipinski definition) is 1. The fourth-order valence-corrected chi connectivity index (χ4v) is 2.82. The first-order valence-corrected chi connectivity index (χ1v) is 7.46. The molecule has 0 spiro atoms. The number of carbonyl (C=O) groups excluding carboxylic acids is 1. The summed E-state index contributed by atoms with van der Waals surface area (Å²) in [5.41, 5.74) is -0.733. The Kier molecular flexibility index (Phi) is 4.23. The van der Waals surface area contributed by atoms with Crippen molar-refractivity contribution < 1.29 is 26.4 Å². The van der Waals surface area contributed by atoms with Gasteiger partial charge in [-0.15, -0.1) is 0 Å². The van der Waals surface area contributed by atoms with Crippen LogP contribution in [0.25, 0.3) is 0 Å². The SMILES string of the molecule is O=Cc1cccc(NS(=O)(=O)c2cccc(C(F)(F)F)c2)c1. The molecular weight excluding hydrogens is 319 g/mol. The summed E-state index contributed by atoms with van der Waals surface area (Å²) < 4.78 is 64.2. The monoisotopic (exact) mass is 329 g/mol. The van der Waals surface area contributed by atoms with Crippen LogP contribution in [-0.4, -0.2) is 14.7 Å². The summed E-state index contributed by atoms with van der Waals surface area (Å²) in [4.78, 5) is 10.1. The van der Waals surface area contributed by atoms with Crippen LogP contribution in [0.15, 0.2) is 53.4 Å². The average Bonchev–Trinajstić information content (AvgIpc) is 2.46. The van der Waals surface area contributed by atoms with Crippen molar-refractivity contribution in [2.75, 3.05) is 4.72 Å². The molecular formula is C14H10F3NO3S. The maximum absolute atomic E-state index is 12.6. The third-order valence-electron chi connectivity index (χ3n) is 2.75. The van der Waals surface area contributed by atoms with Crippen molar-refractivity contribution in [2.45, 2.75) is 11.1 Å². The Labute approximate surface area is 124 Å². The van der Waals surface area contributed by atoms with Crippen LogP contribution < -0.4 is 4.72 Å². The number of hydrogen-bond acceptors (Lipinski definition) is 3. The van der Waals surface area contributed by atoms with E-state index in [0.29, 0.717) is 12.4 Å². The number of nitrogens with one attached hydrogen (secondary N) is 1. The summed E-state index contributed by atoms with van der Waals surface area (Å²) >= 11 is 0. The molecule has 0 atom stereocenters. The molecule has 0 aliphatic heterocycles. The van der Waals surface area contributed by atoms with Gasteiger partial charge in [0.05, 0.1) is 10.5 Å². The van der Waals surface area contributed by atoms with Gasteiger partial charge >= 0.3 is 6.18 Å². The number of carbonyl (C=O) groups is 1. The van der Waals surface area contributed by atoms with E-state index in [1.54, 1.807) is 0 Å². The second-order valence-electron chi connectivity index (χ2n) is 4.37. The van der Waals surface area contributed by atoms with Gasteiger partial charge in [0.15, 0.2) is 0 Å². The molecule has 0 heterocycles. The minimum Gasteiger partial charge on any atom is -0.298 e. The van der Waals surface area contributed by atoms with E-state index in [2.05, 4.69) is 4.72 Å². The van der Waals surface area contributed by atoms with Crippen LogP contribution in [0, 0.1) is 0 Å². The van der Waals surface area contributed by atoms with Crippen molar-refractivity contribution in [3.63, 3.8) is 0 Å². The molecule has 4 nitrogen and oxygen atoms in total. The standard InChI is InChI=1S/C14H10F3NO3S/c15-14(16,17)11-4-2-6-13(8-11)22(20,21)18-12-5-1-3-10(7-12)9-19/h1-9,18H. The summed E-state index contributed by atoms with van der Waals surface area (Å²) in [7, 11) is -4.19. The number of aldehydes is 1. The van der Waals surface area contributed by atoms with Gasteiger partial charge in [0, 0.05) is 11.3 Å². The molecule has 2 rings (SSSR count). The lowest BCUT2D eigenvalue weighted by Gasteiger charge is -2.11. The summed E-state index contributed by atoms with van der Waals surface area (Å²) in [5.74, 6) is 0. The molecule has 0 saturated heterocycles. The van der Waals surface area contributed by atoms with Gasteiger partial charge in [-0.3, -0.25) is 9.52 Å². The molecule has 0 aliphatic rings. The first-order chi connectivity index (χ1) is 10.2. The van der Waals surface area contributed by atoms with Gasteiger partial charge in [0.25, 0.3) is 10.0 Å². The van der Waals surface area contributed by atoms with E-state index in [4.69, 9.17) is 0 Å².